The van der Waals surface area contributed by atoms with Crippen molar-refractivity contribution in [1.82, 2.24) is 0 Å². The first-order chi connectivity index (χ1) is 19.3. The third kappa shape index (κ3) is 12.2. The van der Waals surface area contributed by atoms with Crippen LogP contribution in [-0.2, 0) is 10.5 Å². The Morgan fingerprint density at radius 2 is 1.49 bits per heavy atom. The highest BCUT2D eigenvalue weighted by Gasteiger charge is 2.33. The van der Waals surface area contributed by atoms with Crippen LogP contribution < -0.4 is 4.74 Å². The van der Waals surface area contributed by atoms with Gasteiger partial charge in [-0.05, 0) is 117 Å². The Morgan fingerprint density at radius 3 is 2.07 bits per heavy atom. The van der Waals surface area contributed by atoms with E-state index in [2.05, 4.69) is 83.1 Å². The molecule has 0 N–H and O–H groups in total. The monoisotopic (exact) mass is 608 g/mol. The lowest BCUT2D eigenvalue weighted by Crippen LogP contribution is -2.45. The van der Waals surface area contributed by atoms with Gasteiger partial charge in [-0.2, -0.15) is 0 Å². The average Bonchev–Trinajstić information content (AvgIpc) is 2.91. The molecule has 2 aromatic carbocycles. The summed E-state index contributed by atoms with van der Waals surface area (Å²) in [4.78, 5) is 12.8. The van der Waals surface area contributed by atoms with E-state index in [0.29, 0.717) is 11.3 Å². The first-order valence-electron chi connectivity index (χ1n) is 16.1. The first-order valence-corrected chi connectivity index (χ1v) is 26.0. The predicted molar refractivity (Wildman–Crippen MR) is 185 cm³/mol. The van der Waals surface area contributed by atoms with Crippen molar-refractivity contribution in [2.75, 3.05) is 0 Å². The smallest absolute Gasteiger partial charge is 0.343 e. The molecule has 41 heavy (non-hydrogen) atoms. The molecule has 0 saturated carbocycles. The van der Waals surface area contributed by atoms with Gasteiger partial charge in [0.2, 0.25) is 0 Å². The number of ether oxygens (including phenoxy) is 1. The highest BCUT2D eigenvalue weighted by molar-refractivity contribution is 6.86. The molecular formula is C35H56O3Si3. The molecule has 0 heterocycles. The van der Waals surface area contributed by atoms with Crippen molar-refractivity contribution in [2.45, 2.75) is 122 Å². The van der Waals surface area contributed by atoms with E-state index in [4.69, 9.17) is 8.85 Å². The highest BCUT2D eigenvalue weighted by Crippen LogP contribution is 2.33. The molecule has 0 saturated heterocycles. The molecule has 0 bridgehead atoms. The second-order valence-electron chi connectivity index (χ2n) is 14.7. The van der Waals surface area contributed by atoms with Crippen LogP contribution in [0.15, 0.2) is 54.6 Å². The van der Waals surface area contributed by atoms with Gasteiger partial charge in [-0.1, -0.05) is 82.2 Å². The molecule has 0 spiro atoms. The minimum Gasteiger partial charge on any atom is -0.456 e. The molecule has 1 atom stereocenters. The van der Waals surface area contributed by atoms with Crippen molar-refractivity contribution in [3.8, 4) is 5.75 Å². The molecule has 2 aromatic rings. The fourth-order valence-corrected chi connectivity index (χ4v) is 19.2. The Bertz CT molecular complexity index is 1130. The zero-order chi connectivity index (χ0) is 30.1. The number of carbonyl (C=O) groups is 1. The van der Waals surface area contributed by atoms with Gasteiger partial charge in [0.05, 0.1) is 5.56 Å². The zero-order valence-electron chi connectivity index (χ0n) is 27.3. The third-order valence-corrected chi connectivity index (χ3v) is 18.0. The van der Waals surface area contributed by atoms with Crippen LogP contribution in [0.1, 0.15) is 73.4 Å². The largest absolute Gasteiger partial charge is 0.456 e. The van der Waals surface area contributed by atoms with E-state index < -0.39 is 24.7 Å². The molecule has 3 nitrogen and oxygen atoms in total. The third-order valence-electron chi connectivity index (χ3n) is 8.37. The lowest BCUT2D eigenvalue weighted by molar-refractivity contribution is 0.0734. The summed E-state index contributed by atoms with van der Waals surface area (Å²) >= 11 is 0. The van der Waals surface area contributed by atoms with Crippen LogP contribution in [0.4, 0.5) is 0 Å². The molecule has 0 aliphatic heterocycles. The molecule has 3 rings (SSSR count). The Balaban J connectivity index is 1.41. The number of benzene rings is 2. The van der Waals surface area contributed by atoms with E-state index in [9.17, 15) is 4.79 Å². The summed E-state index contributed by atoms with van der Waals surface area (Å²) < 4.78 is 12.5. The van der Waals surface area contributed by atoms with Crippen molar-refractivity contribution < 1.29 is 13.6 Å². The Morgan fingerprint density at radius 1 is 0.829 bits per heavy atom. The fraction of sp³-hybridized carbons (Fsp3) is 0.571. The summed E-state index contributed by atoms with van der Waals surface area (Å²) in [7, 11) is -4.24. The van der Waals surface area contributed by atoms with Gasteiger partial charge in [0.15, 0.2) is 16.6 Å². The lowest BCUT2D eigenvalue weighted by atomic mass is 9.84. The van der Waals surface area contributed by atoms with E-state index >= 15 is 0 Å². The molecule has 1 aliphatic carbocycles. The normalized spacial score (nSPS) is 16.4. The summed E-state index contributed by atoms with van der Waals surface area (Å²) in [6.45, 7) is 19.3. The van der Waals surface area contributed by atoms with Crippen LogP contribution in [0.25, 0.3) is 5.57 Å². The zero-order valence-corrected chi connectivity index (χ0v) is 30.3. The minimum atomic E-state index is -1.64. The molecule has 1 unspecified atom stereocenters. The Hall–Kier alpha value is -1.74. The van der Waals surface area contributed by atoms with Crippen molar-refractivity contribution in [3.05, 3.63) is 71.3 Å². The van der Waals surface area contributed by atoms with Gasteiger partial charge < -0.3 is 8.85 Å². The van der Waals surface area contributed by atoms with Gasteiger partial charge >= 0.3 is 5.97 Å². The number of allylic oxidation sites excluding steroid dienone is 2. The van der Waals surface area contributed by atoms with E-state index in [-0.39, 0.29) is 5.97 Å². The molecule has 6 heteroatoms. The molecule has 226 valence electrons. The van der Waals surface area contributed by atoms with Crippen molar-refractivity contribution >= 4 is 36.3 Å². The topological polar surface area (TPSA) is 35.5 Å². The van der Waals surface area contributed by atoms with Gasteiger partial charge in [0.25, 0.3) is 0 Å². The van der Waals surface area contributed by atoms with Crippen molar-refractivity contribution in [2.24, 2.45) is 5.92 Å². The molecular weight excluding hydrogens is 553 g/mol. The number of aryl methyl sites for hydroxylation is 1. The molecule has 0 amide bonds. The lowest BCUT2D eigenvalue weighted by Gasteiger charge is -2.35. The van der Waals surface area contributed by atoms with Gasteiger partial charge in [-0.3, -0.25) is 0 Å². The van der Waals surface area contributed by atoms with Crippen molar-refractivity contribution in [3.63, 3.8) is 0 Å². The van der Waals surface area contributed by atoms with Crippen LogP contribution in [0, 0.1) is 5.92 Å². The molecule has 0 aromatic heterocycles. The highest BCUT2D eigenvalue weighted by atomic mass is 28.4. The molecule has 0 fully saturated rings. The summed E-state index contributed by atoms with van der Waals surface area (Å²) in [6.07, 6.45) is 12.0. The van der Waals surface area contributed by atoms with E-state index in [1.807, 2.05) is 24.3 Å². The quantitative estimate of drug-likeness (QED) is 0.0873. The number of rotatable bonds is 15. The van der Waals surface area contributed by atoms with E-state index in [0.717, 1.165) is 25.2 Å². The average molecular weight is 609 g/mol. The summed E-state index contributed by atoms with van der Waals surface area (Å²) in [6, 6.07) is 19.9. The first kappa shape index (κ1) is 33.8. The van der Waals surface area contributed by atoms with Crippen LogP contribution in [-0.4, -0.2) is 30.7 Å². The van der Waals surface area contributed by atoms with E-state index in [1.54, 1.807) is 0 Å². The van der Waals surface area contributed by atoms with Crippen molar-refractivity contribution in [1.29, 1.82) is 0 Å². The second kappa shape index (κ2) is 15.1. The maximum absolute atomic E-state index is 12.8. The number of carbonyl (C=O) groups excluding carboxylic acids is 1. The number of esters is 1. The number of unbranched alkanes of at least 4 members (excludes halogenated alkanes) is 1. The van der Waals surface area contributed by atoms with Crippen LogP contribution in [0.5, 0.6) is 5.75 Å². The summed E-state index contributed by atoms with van der Waals surface area (Å²) in [5.74, 6) is 1.14. The Labute approximate surface area is 254 Å². The van der Waals surface area contributed by atoms with E-state index in [1.165, 1.54) is 66.9 Å². The van der Waals surface area contributed by atoms with Crippen LogP contribution in [0.3, 0.4) is 0 Å². The summed E-state index contributed by atoms with van der Waals surface area (Å²) in [5.41, 5.74) is 4.54. The van der Waals surface area contributed by atoms with Gasteiger partial charge in [0, 0.05) is 8.07 Å². The Kier molecular flexibility index (Phi) is 12.5. The van der Waals surface area contributed by atoms with Gasteiger partial charge in [-0.25, -0.2) is 4.79 Å². The van der Waals surface area contributed by atoms with Gasteiger partial charge in [0.1, 0.15) is 5.75 Å². The van der Waals surface area contributed by atoms with Crippen LogP contribution >= 0.6 is 0 Å². The molecule has 0 radical (unpaired) electrons. The standard InChI is InChI=1S/C35H56O3Si3/c1-9-12-29-14-18-31(19-15-29)32-22-24-34(25-23-32)37-35(36)33-20-16-30(17-21-33)13-10-11-26-40(5,6)38-41(7,8)28-27-39(2,3)4/h16-18,20-25,29H,9-15,19,26-28H2,1-8H3. The summed E-state index contributed by atoms with van der Waals surface area (Å²) in [5, 5.41) is 0. The van der Waals surface area contributed by atoms with Crippen LogP contribution in [0.2, 0.25) is 64.0 Å². The fourth-order valence-electron chi connectivity index (χ4n) is 5.94. The number of hydrogen-bond acceptors (Lipinski definition) is 3. The maximum Gasteiger partial charge on any atom is 0.343 e. The second-order valence-corrected chi connectivity index (χ2v) is 29.1. The van der Waals surface area contributed by atoms with Gasteiger partial charge in [-0.15, -0.1) is 0 Å². The predicted octanol–water partition coefficient (Wildman–Crippen LogP) is 11.0. The number of hydrogen-bond donors (Lipinski definition) is 0. The minimum absolute atomic E-state index is 0.297. The SMILES string of the molecule is CCCC1CC=C(c2ccc(OC(=O)c3ccc(CCCC[Si](C)(C)O[Si](C)(C)CC[Si](C)(C)C)cc3)cc2)CC1. The maximum atomic E-state index is 12.8. The molecule has 1 aliphatic rings.